The lowest BCUT2D eigenvalue weighted by molar-refractivity contribution is -0.384. The van der Waals surface area contributed by atoms with E-state index in [1.807, 2.05) is 67.2 Å². The number of hydrogen-bond acceptors (Lipinski definition) is 4. The normalized spacial score (nSPS) is 11.8. The van der Waals surface area contributed by atoms with Crippen LogP contribution in [0.3, 0.4) is 0 Å². The van der Waals surface area contributed by atoms with Crippen LogP contribution in [0.15, 0.2) is 79.0 Å². The molecule has 2 aromatic heterocycles. The van der Waals surface area contributed by atoms with E-state index < -0.39 is 4.92 Å². The van der Waals surface area contributed by atoms with E-state index in [1.54, 1.807) is 18.2 Å². The number of nitrogens with zero attached hydrogens (tertiary/aromatic N) is 4. The third-order valence-corrected chi connectivity index (χ3v) is 5.08. The number of carbonyl (C=O) groups excluding carboxylic acids is 1. The number of non-ortho nitro benzene ring substituents is 1. The molecule has 1 atom stereocenters. The van der Waals surface area contributed by atoms with Crippen molar-refractivity contribution in [1.82, 2.24) is 19.7 Å². The maximum absolute atomic E-state index is 13.2. The summed E-state index contributed by atoms with van der Waals surface area (Å²) < 4.78 is 3.34. The van der Waals surface area contributed by atoms with Crippen LogP contribution >= 0.6 is 0 Å². The second-order valence-electron chi connectivity index (χ2n) is 7.21. The molecule has 0 aliphatic rings. The summed E-state index contributed by atoms with van der Waals surface area (Å²) in [6.07, 6.45) is 1.89. The van der Waals surface area contributed by atoms with Crippen LogP contribution in [0, 0.1) is 10.1 Å². The highest BCUT2D eigenvalue weighted by atomic mass is 16.6. The van der Waals surface area contributed by atoms with Gasteiger partial charge < -0.3 is 9.88 Å². The maximum atomic E-state index is 13.2. The fourth-order valence-electron chi connectivity index (χ4n) is 3.43. The number of rotatable bonds is 6. The maximum Gasteiger partial charge on any atom is 0.271 e. The molecule has 0 aliphatic carbocycles. The highest BCUT2D eigenvalue weighted by Crippen LogP contribution is 2.24. The van der Waals surface area contributed by atoms with Crippen molar-refractivity contribution in [2.24, 2.45) is 7.05 Å². The lowest BCUT2D eigenvalue weighted by Gasteiger charge is -2.15. The number of nitro groups is 1. The summed E-state index contributed by atoms with van der Waals surface area (Å²) in [6.45, 7) is 1.90. The van der Waals surface area contributed by atoms with E-state index in [2.05, 4.69) is 10.4 Å². The van der Waals surface area contributed by atoms with Crippen molar-refractivity contribution < 1.29 is 9.72 Å². The minimum Gasteiger partial charge on any atom is -0.349 e. The SMILES string of the molecule is CC(NC(=O)c1cc(-c2cccn2C)nn1-c1cccc([N+](=O)[O-])c1)c1ccccc1. The van der Waals surface area contributed by atoms with Gasteiger partial charge in [0.2, 0.25) is 0 Å². The number of hydrogen-bond donors (Lipinski definition) is 1. The first-order chi connectivity index (χ1) is 14.9. The summed E-state index contributed by atoms with van der Waals surface area (Å²) in [5, 5.41) is 18.8. The smallest absolute Gasteiger partial charge is 0.271 e. The zero-order valence-electron chi connectivity index (χ0n) is 17.1. The molecule has 1 amide bonds. The number of nitrogens with one attached hydrogen (secondary N) is 1. The topological polar surface area (TPSA) is 95.0 Å². The summed E-state index contributed by atoms with van der Waals surface area (Å²) >= 11 is 0. The Bertz CT molecular complexity index is 1240. The Kier molecular flexibility index (Phi) is 5.36. The van der Waals surface area contributed by atoms with E-state index >= 15 is 0 Å². The molecule has 2 aromatic carbocycles. The lowest BCUT2D eigenvalue weighted by Crippen LogP contribution is -2.28. The van der Waals surface area contributed by atoms with Crippen molar-refractivity contribution in [3.8, 4) is 17.1 Å². The molecule has 0 radical (unpaired) electrons. The number of amides is 1. The Balaban J connectivity index is 1.76. The van der Waals surface area contributed by atoms with E-state index in [0.29, 0.717) is 17.1 Å². The van der Waals surface area contributed by atoms with Crippen molar-refractivity contribution in [1.29, 1.82) is 0 Å². The Morgan fingerprint density at radius 3 is 2.52 bits per heavy atom. The number of aromatic nitrogens is 3. The van der Waals surface area contributed by atoms with Gasteiger partial charge in [0.05, 0.1) is 22.3 Å². The molecule has 4 aromatic rings. The Labute approximate surface area is 178 Å². The van der Waals surface area contributed by atoms with Crippen molar-refractivity contribution in [3.63, 3.8) is 0 Å². The van der Waals surface area contributed by atoms with Crippen LogP contribution in [0.5, 0.6) is 0 Å². The Hall–Kier alpha value is -4.20. The van der Waals surface area contributed by atoms with Crippen LogP contribution in [-0.4, -0.2) is 25.2 Å². The summed E-state index contributed by atoms with van der Waals surface area (Å²) in [4.78, 5) is 24.0. The van der Waals surface area contributed by atoms with Crippen LogP contribution in [0.4, 0.5) is 5.69 Å². The van der Waals surface area contributed by atoms with Crippen molar-refractivity contribution in [2.75, 3.05) is 0 Å². The molecule has 2 heterocycles. The molecule has 4 rings (SSSR count). The minimum absolute atomic E-state index is 0.0718. The van der Waals surface area contributed by atoms with Crippen LogP contribution in [0.2, 0.25) is 0 Å². The number of nitro benzene ring substituents is 1. The van der Waals surface area contributed by atoms with Crippen LogP contribution < -0.4 is 5.32 Å². The van der Waals surface area contributed by atoms with Crippen LogP contribution in [-0.2, 0) is 7.05 Å². The molecule has 8 heteroatoms. The zero-order valence-corrected chi connectivity index (χ0v) is 17.1. The van der Waals surface area contributed by atoms with E-state index in [-0.39, 0.29) is 17.6 Å². The molecule has 0 saturated heterocycles. The predicted molar refractivity (Wildman–Crippen MR) is 117 cm³/mol. The average Bonchev–Trinajstić information content (AvgIpc) is 3.40. The molecule has 0 saturated carbocycles. The quantitative estimate of drug-likeness (QED) is 0.376. The van der Waals surface area contributed by atoms with Gasteiger partial charge in [0.25, 0.3) is 11.6 Å². The fourth-order valence-corrected chi connectivity index (χ4v) is 3.43. The van der Waals surface area contributed by atoms with Gasteiger partial charge in [-0.15, -0.1) is 0 Å². The third kappa shape index (κ3) is 4.09. The number of carbonyl (C=O) groups is 1. The highest BCUT2D eigenvalue weighted by molar-refractivity contribution is 5.94. The van der Waals surface area contributed by atoms with Crippen LogP contribution in [0.1, 0.15) is 29.0 Å². The summed E-state index contributed by atoms with van der Waals surface area (Å²) in [5.74, 6) is -0.323. The zero-order chi connectivity index (χ0) is 22.0. The largest absolute Gasteiger partial charge is 0.349 e. The molecule has 0 bridgehead atoms. The predicted octanol–water partition coefficient (Wildman–Crippen LogP) is 4.28. The van der Waals surface area contributed by atoms with Gasteiger partial charge in [-0.1, -0.05) is 36.4 Å². The molecular weight excluding hydrogens is 394 g/mol. The molecule has 31 heavy (non-hydrogen) atoms. The second-order valence-corrected chi connectivity index (χ2v) is 7.21. The molecule has 1 N–H and O–H groups in total. The average molecular weight is 415 g/mol. The summed E-state index contributed by atoms with van der Waals surface area (Å²) in [7, 11) is 1.89. The van der Waals surface area contributed by atoms with Crippen LogP contribution in [0.25, 0.3) is 17.1 Å². The number of benzene rings is 2. The molecule has 8 nitrogen and oxygen atoms in total. The van der Waals surface area contributed by atoms with E-state index in [0.717, 1.165) is 11.3 Å². The molecule has 0 aliphatic heterocycles. The van der Waals surface area contributed by atoms with Crippen molar-refractivity contribution in [3.05, 3.63) is 100 Å². The molecule has 0 spiro atoms. The summed E-state index contributed by atoms with van der Waals surface area (Å²) in [5.41, 5.74) is 3.05. The van der Waals surface area contributed by atoms with Gasteiger partial charge in [-0.3, -0.25) is 14.9 Å². The summed E-state index contributed by atoms with van der Waals surface area (Å²) in [6, 6.07) is 21.0. The second kappa shape index (κ2) is 8.27. The van der Waals surface area contributed by atoms with E-state index in [9.17, 15) is 14.9 Å². The highest BCUT2D eigenvalue weighted by Gasteiger charge is 2.21. The Morgan fingerprint density at radius 1 is 1.06 bits per heavy atom. The monoisotopic (exact) mass is 415 g/mol. The van der Waals surface area contributed by atoms with E-state index in [4.69, 9.17) is 0 Å². The first kappa shape index (κ1) is 20.1. The van der Waals surface area contributed by atoms with Gasteiger partial charge in [-0.05, 0) is 36.8 Å². The van der Waals surface area contributed by atoms with Crippen molar-refractivity contribution >= 4 is 11.6 Å². The molecular formula is C23H21N5O3. The van der Waals surface area contributed by atoms with Crippen molar-refractivity contribution in [2.45, 2.75) is 13.0 Å². The van der Waals surface area contributed by atoms with E-state index in [1.165, 1.54) is 16.8 Å². The third-order valence-electron chi connectivity index (χ3n) is 5.08. The van der Waals surface area contributed by atoms with Gasteiger partial charge in [0.15, 0.2) is 0 Å². The Morgan fingerprint density at radius 2 is 1.84 bits per heavy atom. The van der Waals surface area contributed by atoms with Gasteiger partial charge >= 0.3 is 0 Å². The van der Waals surface area contributed by atoms with Gasteiger partial charge in [0, 0.05) is 25.4 Å². The number of aryl methyl sites for hydroxylation is 1. The minimum atomic E-state index is -0.470. The fraction of sp³-hybridized carbons (Fsp3) is 0.130. The molecule has 1 unspecified atom stereocenters. The standard InChI is InChI=1S/C23H21N5O3/c1-16(17-8-4-3-5-9-17)24-23(29)22-15-20(21-12-7-13-26(21)2)25-27(22)18-10-6-11-19(14-18)28(30)31/h3-16H,1-2H3,(H,24,29). The van der Waals surface area contributed by atoms with Gasteiger partial charge in [-0.2, -0.15) is 5.10 Å². The van der Waals surface area contributed by atoms with Gasteiger partial charge in [0.1, 0.15) is 11.4 Å². The lowest BCUT2D eigenvalue weighted by atomic mass is 10.1. The first-order valence-electron chi connectivity index (χ1n) is 9.76. The molecule has 156 valence electrons. The first-order valence-corrected chi connectivity index (χ1v) is 9.76. The molecule has 0 fully saturated rings. The van der Waals surface area contributed by atoms with Gasteiger partial charge in [-0.25, -0.2) is 4.68 Å².